The molecule has 3 rings (SSSR count). The lowest BCUT2D eigenvalue weighted by molar-refractivity contribution is -0.131. The lowest BCUT2D eigenvalue weighted by Gasteiger charge is -2.30. The Kier molecular flexibility index (Phi) is 10.2. The Bertz CT molecular complexity index is 1090. The number of unbranched alkanes of at least 4 members (excludes halogenated alkanes) is 3. The minimum atomic E-state index is -0.340. The van der Waals surface area contributed by atoms with Crippen molar-refractivity contribution in [3.8, 4) is 5.75 Å². The molecule has 0 radical (unpaired) electrons. The van der Waals surface area contributed by atoms with Crippen molar-refractivity contribution in [2.75, 3.05) is 11.4 Å². The van der Waals surface area contributed by atoms with Gasteiger partial charge in [-0.25, -0.2) is 4.79 Å². The third-order valence-electron chi connectivity index (χ3n) is 5.61. The molecule has 0 heterocycles. The Morgan fingerprint density at radius 3 is 2.34 bits per heavy atom. The van der Waals surface area contributed by atoms with E-state index in [0.717, 1.165) is 33.9 Å². The quantitative estimate of drug-likeness (QED) is 0.171. The highest BCUT2D eigenvalue weighted by Crippen LogP contribution is 2.33. The van der Waals surface area contributed by atoms with Gasteiger partial charge in [0.05, 0.1) is 6.04 Å². The summed E-state index contributed by atoms with van der Waals surface area (Å²) in [5.41, 5.74) is 1.92. The summed E-state index contributed by atoms with van der Waals surface area (Å²) in [6, 6.07) is 25.3. The molecule has 0 saturated carbocycles. The number of carbonyl (C=O) groups is 2. The summed E-state index contributed by atoms with van der Waals surface area (Å²) in [7, 11) is 0. The van der Waals surface area contributed by atoms with Crippen molar-refractivity contribution in [1.82, 2.24) is 5.32 Å². The van der Waals surface area contributed by atoms with Gasteiger partial charge in [0.25, 0.3) is 0 Å². The van der Waals surface area contributed by atoms with Gasteiger partial charge in [0.1, 0.15) is 5.75 Å². The summed E-state index contributed by atoms with van der Waals surface area (Å²) < 4.78 is 5.19. The number of carbonyl (C=O) groups excluding carboxylic acids is 2. The molecule has 3 aromatic rings. The molecule has 0 aliphatic carbocycles. The van der Waals surface area contributed by atoms with Gasteiger partial charge < -0.3 is 10.1 Å². The number of nitrogens with zero attached hydrogens (tertiary/aromatic N) is 1. The molecule has 0 aliphatic heterocycles. The van der Waals surface area contributed by atoms with E-state index in [-0.39, 0.29) is 18.0 Å². The number of benzene rings is 3. The maximum Gasteiger partial charge on any atom is 0.322 e. The van der Waals surface area contributed by atoms with Crippen LogP contribution in [0.15, 0.2) is 88.7 Å². The molecule has 1 unspecified atom stereocenters. The zero-order valence-electron chi connectivity index (χ0n) is 20.7. The molecule has 0 bridgehead atoms. The summed E-state index contributed by atoms with van der Waals surface area (Å²) in [6.45, 7) is 6.29. The molecule has 0 saturated heterocycles. The van der Waals surface area contributed by atoms with Gasteiger partial charge in [-0.05, 0) is 61.4 Å². The van der Waals surface area contributed by atoms with E-state index in [1.165, 1.54) is 19.8 Å². The Morgan fingerprint density at radius 2 is 1.66 bits per heavy atom. The summed E-state index contributed by atoms with van der Waals surface area (Å²) >= 11 is 1.57. The van der Waals surface area contributed by atoms with Crippen LogP contribution in [0.25, 0.3) is 0 Å². The number of ether oxygens (including phenoxy) is 1. The highest BCUT2D eigenvalue weighted by molar-refractivity contribution is 7.99. The van der Waals surface area contributed by atoms with Gasteiger partial charge in [0, 0.05) is 28.9 Å². The number of rotatable bonds is 11. The van der Waals surface area contributed by atoms with Crippen LogP contribution in [0.4, 0.5) is 10.5 Å². The van der Waals surface area contributed by atoms with Crippen LogP contribution in [0.2, 0.25) is 0 Å². The van der Waals surface area contributed by atoms with Crippen molar-refractivity contribution < 1.29 is 14.3 Å². The normalized spacial score (nSPS) is 11.5. The van der Waals surface area contributed by atoms with E-state index in [9.17, 15) is 9.59 Å². The summed E-state index contributed by atoms with van der Waals surface area (Å²) in [6.07, 6.45) is 4.46. The molecule has 1 atom stereocenters. The molecular formula is C29H34N2O3S. The molecule has 0 fully saturated rings. The maximum absolute atomic E-state index is 13.3. The summed E-state index contributed by atoms with van der Waals surface area (Å²) in [5.74, 6) is 0.186. The van der Waals surface area contributed by atoms with Gasteiger partial charge >= 0.3 is 12.0 Å². The predicted octanol–water partition coefficient (Wildman–Crippen LogP) is 7.62. The standard InChI is InChI=1S/C29H34N2O3S/c1-4-5-6-10-20-30-29(33)31(22(2)24-12-8-7-9-13-24)25-16-18-27(19-17-25)35-28-15-11-14-26(21-28)34-23(3)32/h7-9,11-19,21-22H,4-6,10,20H2,1-3H3,(H,30,33). The Labute approximate surface area is 212 Å². The maximum atomic E-state index is 13.3. The summed E-state index contributed by atoms with van der Waals surface area (Å²) in [5, 5.41) is 3.11. The number of nitrogens with one attached hydrogen (secondary N) is 1. The van der Waals surface area contributed by atoms with Gasteiger partial charge in [-0.1, -0.05) is 74.3 Å². The highest BCUT2D eigenvalue weighted by Gasteiger charge is 2.23. The second kappa shape index (κ2) is 13.6. The number of anilines is 1. The average molecular weight is 491 g/mol. The van der Waals surface area contributed by atoms with E-state index in [1.807, 2.05) is 77.7 Å². The smallest absolute Gasteiger partial charge is 0.322 e. The van der Waals surface area contributed by atoms with Crippen molar-refractivity contribution >= 4 is 29.4 Å². The first-order chi connectivity index (χ1) is 17.0. The third-order valence-corrected chi connectivity index (χ3v) is 6.61. The molecule has 5 nitrogen and oxygen atoms in total. The molecule has 184 valence electrons. The van der Waals surface area contributed by atoms with Gasteiger partial charge in [0.15, 0.2) is 0 Å². The minimum absolute atomic E-state index is 0.0904. The molecular weight excluding hydrogens is 456 g/mol. The number of amides is 2. The van der Waals surface area contributed by atoms with Crippen LogP contribution in [-0.2, 0) is 4.79 Å². The number of urea groups is 1. The van der Waals surface area contributed by atoms with Crippen molar-refractivity contribution in [1.29, 1.82) is 0 Å². The third kappa shape index (κ3) is 8.18. The SMILES string of the molecule is CCCCCCNC(=O)N(c1ccc(Sc2cccc(OC(C)=O)c2)cc1)C(C)c1ccccc1. The van der Waals surface area contributed by atoms with Crippen LogP contribution >= 0.6 is 11.8 Å². The topological polar surface area (TPSA) is 58.6 Å². The van der Waals surface area contributed by atoms with Gasteiger partial charge in [-0.3, -0.25) is 9.69 Å². The second-order valence-electron chi connectivity index (χ2n) is 8.41. The first kappa shape index (κ1) is 26.4. The van der Waals surface area contributed by atoms with E-state index in [4.69, 9.17) is 4.74 Å². The predicted molar refractivity (Wildman–Crippen MR) is 143 cm³/mol. The molecule has 2 amide bonds. The largest absolute Gasteiger partial charge is 0.427 e. The molecule has 1 N–H and O–H groups in total. The number of hydrogen-bond donors (Lipinski definition) is 1. The Morgan fingerprint density at radius 1 is 0.914 bits per heavy atom. The van der Waals surface area contributed by atoms with E-state index >= 15 is 0 Å². The van der Waals surface area contributed by atoms with Crippen molar-refractivity contribution in [3.63, 3.8) is 0 Å². The zero-order valence-corrected chi connectivity index (χ0v) is 21.5. The monoisotopic (exact) mass is 490 g/mol. The van der Waals surface area contributed by atoms with E-state index in [0.29, 0.717) is 12.3 Å². The number of hydrogen-bond acceptors (Lipinski definition) is 4. The molecule has 6 heteroatoms. The number of esters is 1. The van der Waals surface area contributed by atoms with Crippen molar-refractivity contribution in [3.05, 3.63) is 84.4 Å². The molecule has 3 aromatic carbocycles. The first-order valence-corrected chi connectivity index (χ1v) is 13.0. The molecule has 0 aromatic heterocycles. The minimum Gasteiger partial charge on any atom is -0.427 e. The van der Waals surface area contributed by atoms with E-state index in [1.54, 1.807) is 17.8 Å². The van der Waals surface area contributed by atoms with Gasteiger partial charge in [0.2, 0.25) is 0 Å². The van der Waals surface area contributed by atoms with E-state index < -0.39 is 0 Å². The van der Waals surface area contributed by atoms with Crippen LogP contribution in [0.1, 0.15) is 58.1 Å². The van der Waals surface area contributed by atoms with Crippen LogP contribution in [0.3, 0.4) is 0 Å². The summed E-state index contributed by atoms with van der Waals surface area (Å²) in [4.78, 5) is 28.3. The highest BCUT2D eigenvalue weighted by atomic mass is 32.2. The Balaban J connectivity index is 1.76. The first-order valence-electron chi connectivity index (χ1n) is 12.2. The van der Waals surface area contributed by atoms with E-state index in [2.05, 4.69) is 19.2 Å². The fourth-order valence-corrected chi connectivity index (χ4v) is 4.67. The second-order valence-corrected chi connectivity index (χ2v) is 9.56. The fraction of sp³-hybridized carbons (Fsp3) is 0.310. The van der Waals surface area contributed by atoms with Crippen molar-refractivity contribution in [2.24, 2.45) is 0 Å². The zero-order chi connectivity index (χ0) is 25.0. The fourth-order valence-electron chi connectivity index (χ4n) is 3.81. The van der Waals surface area contributed by atoms with Crippen LogP contribution in [0, 0.1) is 0 Å². The average Bonchev–Trinajstić information content (AvgIpc) is 2.85. The Hall–Kier alpha value is -3.25. The molecule has 35 heavy (non-hydrogen) atoms. The van der Waals surface area contributed by atoms with Crippen LogP contribution in [-0.4, -0.2) is 18.5 Å². The molecule has 0 aliphatic rings. The van der Waals surface area contributed by atoms with Crippen molar-refractivity contribution in [2.45, 2.75) is 62.3 Å². The van der Waals surface area contributed by atoms with Gasteiger partial charge in [-0.2, -0.15) is 0 Å². The van der Waals surface area contributed by atoms with Crippen LogP contribution < -0.4 is 15.0 Å². The van der Waals surface area contributed by atoms with Gasteiger partial charge in [-0.15, -0.1) is 0 Å². The van der Waals surface area contributed by atoms with Crippen LogP contribution in [0.5, 0.6) is 5.75 Å². The molecule has 0 spiro atoms. The lowest BCUT2D eigenvalue weighted by atomic mass is 10.1. The lowest BCUT2D eigenvalue weighted by Crippen LogP contribution is -2.42.